The van der Waals surface area contributed by atoms with E-state index >= 15 is 0 Å². The standard InChI is InChI=1S/C9H17NO4Si/c1-8(11)9-7-14-15(2)12-5-3-10(9)4-6-13-15/h9H,3-7H2,1-2H3. The highest BCUT2D eigenvalue weighted by Crippen LogP contribution is 2.18. The van der Waals surface area contributed by atoms with E-state index in [2.05, 4.69) is 4.90 Å². The molecule has 0 aromatic carbocycles. The molecule has 1 unspecified atom stereocenters. The first-order valence-corrected chi connectivity index (χ1v) is 7.49. The highest BCUT2D eigenvalue weighted by Gasteiger charge is 2.41. The molecule has 0 saturated carbocycles. The molecule has 5 nitrogen and oxygen atoms in total. The third-order valence-electron chi connectivity index (χ3n) is 2.90. The molecule has 86 valence electrons. The van der Waals surface area contributed by atoms with Gasteiger partial charge in [0.1, 0.15) is 5.78 Å². The summed E-state index contributed by atoms with van der Waals surface area (Å²) < 4.78 is 16.9. The fourth-order valence-corrected chi connectivity index (χ4v) is 3.59. The van der Waals surface area contributed by atoms with Crippen molar-refractivity contribution in [3.63, 3.8) is 0 Å². The molecule has 3 saturated heterocycles. The van der Waals surface area contributed by atoms with Crippen molar-refractivity contribution in [2.45, 2.75) is 19.5 Å². The van der Waals surface area contributed by atoms with Gasteiger partial charge in [0.25, 0.3) is 0 Å². The molecular weight excluding hydrogens is 214 g/mol. The van der Waals surface area contributed by atoms with Crippen molar-refractivity contribution >= 4 is 14.6 Å². The number of carbonyl (C=O) groups is 1. The van der Waals surface area contributed by atoms with Crippen LogP contribution in [-0.4, -0.2) is 58.4 Å². The summed E-state index contributed by atoms with van der Waals surface area (Å²) in [6.07, 6.45) is 0. The zero-order chi connectivity index (χ0) is 10.9. The number of ketones is 1. The van der Waals surface area contributed by atoms with Gasteiger partial charge in [0, 0.05) is 19.6 Å². The van der Waals surface area contributed by atoms with Crippen LogP contribution in [-0.2, 0) is 18.1 Å². The Balaban J connectivity index is 2.16. The lowest BCUT2D eigenvalue weighted by Gasteiger charge is -2.40. The van der Waals surface area contributed by atoms with Crippen molar-refractivity contribution in [2.75, 3.05) is 32.9 Å². The summed E-state index contributed by atoms with van der Waals surface area (Å²) in [6, 6.07) is -0.121. The lowest BCUT2D eigenvalue weighted by atomic mass is 10.2. The number of Topliss-reactive ketones (excluding diaryl/α,β-unsaturated/α-hetero) is 1. The molecule has 15 heavy (non-hydrogen) atoms. The Kier molecular flexibility index (Phi) is 3.22. The van der Waals surface area contributed by atoms with Crippen molar-refractivity contribution in [1.29, 1.82) is 0 Å². The van der Waals surface area contributed by atoms with Gasteiger partial charge in [-0.15, -0.1) is 0 Å². The topological polar surface area (TPSA) is 48.0 Å². The fraction of sp³-hybridized carbons (Fsp3) is 0.889. The van der Waals surface area contributed by atoms with Crippen LogP contribution in [0, 0.1) is 0 Å². The Bertz CT molecular complexity index is 250. The number of hydrogen-bond acceptors (Lipinski definition) is 5. The maximum absolute atomic E-state index is 11.5. The minimum Gasteiger partial charge on any atom is -0.372 e. The summed E-state index contributed by atoms with van der Waals surface area (Å²) in [7, 11) is -2.45. The van der Waals surface area contributed by atoms with Gasteiger partial charge in [0.05, 0.1) is 25.9 Å². The second kappa shape index (κ2) is 4.30. The molecule has 1 atom stereocenters. The summed E-state index contributed by atoms with van der Waals surface area (Å²) in [4.78, 5) is 13.6. The normalized spacial score (nSPS) is 41.7. The van der Waals surface area contributed by atoms with Crippen LogP contribution in [0.2, 0.25) is 6.55 Å². The van der Waals surface area contributed by atoms with Crippen LogP contribution in [0.25, 0.3) is 0 Å². The molecule has 0 aromatic rings. The molecule has 0 aromatic heterocycles. The first kappa shape index (κ1) is 11.2. The molecular formula is C9H17NO4Si. The maximum atomic E-state index is 11.5. The fourth-order valence-electron chi connectivity index (χ4n) is 1.96. The first-order valence-electron chi connectivity index (χ1n) is 5.27. The molecule has 3 fully saturated rings. The van der Waals surface area contributed by atoms with E-state index in [1.165, 1.54) is 0 Å². The summed E-state index contributed by atoms with van der Waals surface area (Å²) in [6.45, 7) is 6.67. The SMILES string of the molecule is CC(=O)C1CO[Si]2(C)OCCN1CCO2. The molecule has 0 aliphatic carbocycles. The monoisotopic (exact) mass is 231 g/mol. The van der Waals surface area contributed by atoms with Gasteiger partial charge in [-0.3, -0.25) is 9.69 Å². The Morgan fingerprint density at radius 2 is 1.87 bits per heavy atom. The quantitative estimate of drug-likeness (QED) is 0.589. The van der Waals surface area contributed by atoms with Gasteiger partial charge < -0.3 is 13.3 Å². The van der Waals surface area contributed by atoms with Crippen molar-refractivity contribution in [2.24, 2.45) is 0 Å². The van der Waals surface area contributed by atoms with E-state index in [1.807, 2.05) is 6.55 Å². The van der Waals surface area contributed by atoms with Gasteiger partial charge in [-0.1, -0.05) is 0 Å². The van der Waals surface area contributed by atoms with Crippen LogP contribution in [0.1, 0.15) is 6.92 Å². The third-order valence-corrected chi connectivity index (χ3v) is 5.05. The molecule has 0 N–H and O–H groups in total. The minimum atomic E-state index is -2.45. The lowest BCUT2D eigenvalue weighted by Crippen LogP contribution is -2.58. The summed E-state index contributed by atoms with van der Waals surface area (Å²) in [5, 5.41) is 0. The van der Waals surface area contributed by atoms with E-state index in [0.717, 1.165) is 13.1 Å². The van der Waals surface area contributed by atoms with E-state index in [9.17, 15) is 4.79 Å². The first-order chi connectivity index (χ1) is 7.11. The molecule has 2 bridgehead atoms. The Labute approximate surface area is 90.7 Å². The van der Waals surface area contributed by atoms with E-state index in [0.29, 0.717) is 19.8 Å². The van der Waals surface area contributed by atoms with Crippen LogP contribution in [0.5, 0.6) is 0 Å². The van der Waals surface area contributed by atoms with Gasteiger partial charge in [0.2, 0.25) is 0 Å². The van der Waals surface area contributed by atoms with Gasteiger partial charge in [0.15, 0.2) is 0 Å². The molecule has 0 radical (unpaired) electrons. The van der Waals surface area contributed by atoms with E-state index in [1.54, 1.807) is 6.92 Å². The van der Waals surface area contributed by atoms with Crippen LogP contribution in [0.3, 0.4) is 0 Å². The number of nitrogens with zero attached hydrogens (tertiary/aromatic N) is 1. The third kappa shape index (κ3) is 2.46. The summed E-state index contributed by atoms with van der Waals surface area (Å²) in [5.74, 6) is 0.162. The van der Waals surface area contributed by atoms with Crippen LogP contribution in [0.15, 0.2) is 0 Å². The van der Waals surface area contributed by atoms with Crippen molar-refractivity contribution in [1.82, 2.24) is 4.90 Å². The van der Waals surface area contributed by atoms with E-state index in [4.69, 9.17) is 13.3 Å². The van der Waals surface area contributed by atoms with Gasteiger partial charge >= 0.3 is 8.80 Å². The number of hydrogen-bond donors (Lipinski definition) is 0. The number of carbonyl (C=O) groups excluding carboxylic acids is 1. The molecule has 0 spiro atoms. The summed E-state index contributed by atoms with van der Waals surface area (Å²) >= 11 is 0. The second-order valence-corrected chi connectivity index (χ2v) is 6.62. The van der Waals surface area contributed by atoms with Crippen LogP contribution in [0.4, 0.5) is 0 Å². The van der Waals surface area contributed by atoms with Gasteiger partial charge in [-0.25, -0.2) is 0 Å². The van der Waals surface area contributed by atoms with Crippen molar-refractivity contribution in [3.05, 3.63) is 0 Å². The van der Waals surface area contributed by atoms with Crippen LogP contribution < -0.4 is 0 Å². The number of fused-ring (bicyclic) bond motifs is 6. The van der Waals surface area contributed by atoms with Gasteiger partial charge in [-0.2, -0.15) is 0 Å². The molecule has 6 heteroatoms. The molecule has 3 rings (SSSR count). The predicted octanol–water partition coefficient (Wildman–Crippen LogP) is -0.108. The van der Waals surface area contributed by atoms with Crippen LogP contribution >= 0.6 is 0 Å². The smallest absolute Gasteiger partial charge is 0.372 e. The average Bonchev–Trinajstić information content (AvgIpc) is 2.08. The Hall–Kier alpha value is -0.273. The molecule has 3 aliphatic heterocycles. The van der Waals surface area contributed by atoms with E-state index < -0.39 is 8.80 Å². The maximum Gasteiger partial charge on any atom is 0.497 e. The Morgan fingerprint density at radius 1 is 1.27 bits per heavy atom. The second-order valence-electron chi connectivity index (χ2n) is 4.03. The lowest BCUT2D eigenvalue weighted by molar-refractivity contribution is -0.126. The highest BCUT2D eigenvalue weighted by atomic mass is 28.4. The average molecular weight is 231 g/mol. The molecule has 3 aliphatic rings. The predicted molar refractivity (Wildman–Crippen MR) is 55.5 cm³/mol. The molecule has 3 heterocycles. The zero-order valence-corrected chi connectivity index (χ0v) is 10.2. The largest absolute Gasteiger partial charge is 0.497 e. The zero-order valence-electron chi connectivity index (χ0n) is 9.19. The van der Waals surface area contributed by atoms with E-state index in [-0.39, 0.29) is 11.8 Å². The molecule has 0 amide bonds. The Morgan fingerprint density at radius 3 is 2.40 bits per heavy atom. The summed E-state index contributed by atoms with van der Waals surface area (Å²) in [5.41, 5.74) is 0. The number of rotatable bonds is 1. The van der Waals surface area contributed by atoms with Crippen molar-refractivity contribution < 1.29 is 18.1 Å². The highest BCUT2D eigenvalue weighted by molar-refractivity contribution is 6.59. The van der Waals surface area contributed by atoms with Crippen molar-refractivity contribution in [3.8, 4) is 0 Å². The van der Waals surface area contributed by atoms with Gasteiger partial charge in [-0.05, 0) is 6.92 Å². The minimum absolute atomic E-state index is 0.121.